The second-order valence-electron chi connectivity index (χ2n) is 3.50. The molecule has 16 heavy (non-hydrogen) atoms. The Morgan fingerprint density at radius 3 is 2.44 bits per heavy atom. The first kappa shape index (κ1) is 12.4. The van der Waals surface area contributed by atoms with Crippen LogP contribution in [0.1, 0.15) is 5.56 Å². The number of rotatable bonds is 3. The van der Waals surface area contributed by atoms with Crippen molar-refractivity contribution in [2.45, 2.75) is 6.54 Å². The molecule has 0 aliphatic carbocycles. The molecule has 88 valence electrons. The number of nitrogens with one attached hydrogen (secondary N) is 1. The molecule has 0 aliphatic rings. The third kappa shape index (κ3) is 3.15. The van der Waals surface area contributed by atoms with E-state index in [0.717, 1.165) is 18.3 Å². The molecule has 1 aromatic carbocycles. The fourth-order valence-electron chi connectivity index (χ4n) is 1.55. The monoisotopic (exact) mass is 221 g/mol. The molecule has 0 saturated carbocycles. The molecule has 0 amide bonds. The van der Waals surface area contributed by atoms with Gasteiger partial charge in [0.15, 0.2) is 5.96 Å². The smallest absolute Gasteiger partial charge is 0.193 e. The minimum Gasteiger partial charge on any atom is -0.497 e. The van der Waals surface area contributed by atoms with E-state index in [1.165, 1.54) is 5.56 Å². The zero-order chi connectivity index (χ0) is 12.0. The summed E-state index contributed by atoms with van der Waals surface area (Å²) in [6, 6.07) is 8.03. The van der Waals surface area contributed by atoms with E-state index in [1.54, 1.807) is 14.2 Å². The summed E-state index contributed by atoms with van der Waals surface area (Å²) < 4.78 is 5.11. The van der Waals surface area contributed by atoms with E-state index >= 15 is 0 Å². The average Bonchev–Trinajstić information content (AvgIpc) is 2.31. The zero-order valence-electron chi connectivity index (χ0n) is 10.3. The molecule has 1 N–H and O–H groups in total. The van der Waals surface area contributed by atoms with E-state index < -0.39 is 0 Å². The van der Waals surface area contributed by atoms with E-state index in [2.05, 4.69) is 27.3 Å². The van der Waals surface area contributed by atoms with Gasteiger partial charge in [0, 0.05) is 27.7 Å². The molecule has 0 fully saturated rings. The lowest BCUT2D eigenvalue weighted by molar-refractivity contribution is 0.414. The number of ether oxygens (including phenoxy) is 1. The highest BCUT2D eigenvalue weighted by molar-refractivity contribution is 5.79. The van der Waals surface area contributed by atoms with Gasteiger partial charge in [0.25, 0.3) is 0 Å². The Morgan fingerprint density at radius 1 is 1.38 bits per heavy atom. The highest BCUT2D eigenvalue weighted by Crippen LogP contribution is 2.12. The summed E-state index contributed by atoms with van der Waals surface area (Å²) in [4.78, 5) is 6.20. The molecule has 0 spiro atoms. The highest BCUT2D eigenvalue weighted by atomic mass is 16.5. The summed E-state index contributed by atoms with van der Waals surface area (Å²) in [5, 5.41) is 3.05. The number of aliphatic imine (C=N–C) groups is 1. The van der Waals surface area contributed by atoms with Crippen molar-refractivity contribution in [3.05, 3.63) is 29.8 Å². The van der Waals surface area contributed by atoms with Gasteiger partial charge in [-0.2, -0.15) is 0 Å². The molecular formula is C12H19N3O. The number of nitrogens with zero attached hydrogens (tertiary/aromatic N) is 2. The van der Waals surface area contributed by atoms with E-state index in [9.17, 15) is 0 Å². The van der Waals surface area contributed by atoms with E-state index in [-0.39, 0.29) is 0 Å². The highest BCUT2D eigenvalue weighted by Gasteiger charge is 2.04. The van der Waals surface area contributed by atoms with Crippen LogP contribution in [0.15, 0.2) is 29.3 Å². The Kier molecular flexibility index (Phi) is 4.64. The van der Waals surface area contributed by atoms with Gasteiger partial charge in [-0.05, 0) is 17.7 Å². The zero-order valence-corrected chi connectivity index (χ0v) is 10.3. The van der Waals surface area contributed by atoms with E-state index in [0.29, 0.717) is 0 Å². The first-order chi connectivity index (χ1) is 7.71. The third-order valence-electron chi connectivity index (χ3n) is 2.38. The lowest BCUT2D eigenvalue weighted by atomic mass is 10.2. The summed E-state index contributed by atoms with van der Waals surface area (Å²) in [6.45, 7) is 0.817. The van der Waals surface area contributed by atoms with Crippen LogP contribution in [0.3, 0.4) is 0 Å². The molecule has 0 aliphatic heterocycles. The van der Waals surface area contributed by atoms with Crippen LogP contribution >= 0.6 is 0 Å². The van der Waals surface area contributed by atoms with Crippen LogP contribution in [0.5, 0.6) is 5.75 Å². The largest absolute Gasteiger partial charge is 0.497 e. The average molecular weight is 221 g/mol. The van der Waals surface area contributed by atoms with Crippen molar-refractivity contribution in [1.29, 1.82) is 0 Å². The molecular weight excluding hydrogens is 202 g/mol. The normalized spacial score (nSPS) is 11.1. The predicted molar refractivity (Wildman–Crippen MR) is 66.9 cm³/mol. The second kappa shape index (κ2) is 6.00. The van der Waals surface area contributed by atoms with E-state index in [1.807, 2.05) is 26.2 Å². The van der Waals surface area contributed by atoms with Crippen molar-refractivity contribution in [3.63, 3.8) is 0 Å². The molecule has 0 atom stereocenters. The van der Waals surface area contributed by atoms with Gasteiger partial charge in [-0.1, -0.05) is 12.1 Å². The van der Waals surface area contributed by atoms with Crippen molar-refractivity contribution < 1.29 is 4.74 Å². The summed E-state index contributed by atoms with van der Waals surface area (Å²) in [7, 11) is 7.32. The maximum atomic E-state index is 5.11. The lowest BCUT2D eigenvalue weighted by Crippen LogP contribution is -2.36. The minimum absolute atomic E-state index is 0.817. The predicted octanol–water partition coefficient (Wildman–Crippen LogP) is 1.33. The van der Waals surface area contributed by atoms with Crippen LogP contribution in [-0.2, 0) is 6.54 Å². The van der Waals surface area contributed by atoms with Gasteiger partial charge >= 0.3 is 0 Å². The summed E-state index contributed by atoms with van der Waals surface area (Å²) >= 11 is 0. The number of guanidine groups is 1. The molecule has 1 aromatic rings. The van der Waals surface area contributed by atoms with Crippen molar-refractivity contribution in [1.82, 2.24) is 10.2 Å². The van der Waals surface area contributed by atoms with Gasteiger partial charge in [-0.25, -0.2) is 0 Å². The molecule has 0 heterocycles. The Bertz CT molecular complexity index is 346. The number of benzene rings is 1. The summed E-state index contributed by atoms with van der Waals surface area (Å²) in [5.74, 6) is 1.75. The first-order valence-electron chi connectivity index (χ1n) is 5.20. The fourth-order valence-corrected chi connectivity index (χ4v) is 1.55. The summed E-state index contributed by atoms with van der Waals surface area (Å²) in [5.41, 5.74) is 1.22. The second-order valence-corrected chi connectivity index (χ2v) is 3.50. The van der Waals surface area contributed by atoms with Gasteiger partial charge < -0.3 is 15.0 Å². The quantitative estimate of drug-likeness (QED) is 0.618. The van der Waals surface area contributed by atoms with Crippen molar-refractivity contribution in [2.75, 3.05) is 28.3 Å². The van der Waals surface area contributed by atoms with Crippen molar-refractivity contribution in [2.24, 2.45) is 4.99 Å². The molecule has 1 rings (SSSR count). The van der Waals surface area contributed by atoms with Crippen molar-refractivity contribution >= 4 is 5.96 Å². The van der Waals surface area contributed by atoms with Crippen LogP contribution in [-0.4, -0.2) is 39.1 Å². The molecule has 0 unspecified atom stereocenters. The van der Waals surface area contributed by atoms with E-state index in [4.69, 9.17) is 4.74 Å². The molecule has 0 saturated heterocycles. The van der Waals surface area contributed by atoms with Gasteiger partial charge in [-0.15, -0.1) is 0 Å². The maximum Gasteiger partial charge on any atom is 0.193 e. The molecule has 0 bridgehead atoms. The van der Waals surface area contributed by atoms with Crippen molar-refractivity contribution in [3.8, 4) is 5.75 Å². The Labute approximate surface area is 96.9 Å². The van der Waals surface area contributed by atoms with Crippen LogP contribution in [0.25, 0.3) is 0 Å². The standard InChI is InChI=1S/C12H19N3O/c1-13-12(14-2)15(3)9-10-5-7-11(16-4)8-6-10/h5-8H,9H2,1-4H3,(H,13,14). The van der Waals surface area contributed by atoms with Crippen LogP contribution < -0.4 is 10.1 Å². The maximum absolute atomic E-state index is 5.11. The molecule has 4 heteroatoms. The topological polar surface area (TPSA) is 36.9 Å². The van der Waals surface area contributed by atoms with Crippen LogP contribution in [0.4, 0.5) is 0 Å². The number of hydrogen-bond acceptors (Lipinski definition) is 2. The fraction of sp³-hybridized carbons (Fsp3) is 0.417. The first-order valence-corrected chi connectivity index (χ1v) is 5.20. The Balaban J connectivity index is 2.65. The molecule has 0 aromatic heterocycles. The minimum atomic E-state index is 0.817. The summed E-state index contributed by atoms with van der Waals surface area (Å²) in [6.07, 6.45) is 0. The lowest BCUT2D eigenvalue weighted by Gasteiger charge is -2.20. The van der Waals surface area contributed by atoms with Gasteiger partial charge in [0.1, 0.15) is 5.75 Å². The third-order valence-corrected chi connectivity index (χ3v) is 2.38. The Morgan fingerprint density at radius 2 is 2.00 bits per heavy atom. The molecule has 4 nitrogen and oxygen atoms in total. The Hall–Kier alpha value is -1.71. The van der Waals surface area contributed by atoms with Crippen LogP contribution in [0, 0.1) is 0 Å². The van der Waals surface area contributed by atoms with Crippen LogP contribution in [0.2, 0.25) is 0 Å². The molecule has 0 radical (unpaired) electrons. The SMILES string of the molecule is CN=C(NC)N(C)Cc1ccc(OC)cc1. The van der Waals surface area contributed by atoms with Gasteiger partial charge in [0.05, 0.1) is 7.11 Å². The van der Waals surface area contributed by atoms with Gasteiger partial charge in [0.2, 0.25) is 0 Å². The van der Waals surface area contributed by atoms with Gasteiger partial charge in [-0.3, -0.25) is 4.99 Å². The number of methoxy groups -OCH3 is 1. The number of hydrogen-bond donors (Lipinski definition) is 1.